The zero-order chi connectivity index (χ0) is 34.5. The van der Waals surface area contributed by atoms with Crippen LogP contribution in [0.15, 0.2) is 78.7 Å². The molecule has 0 N–H and O–H groups in total. The number of carbonyl (C=O) groups is 5. The average molecular weight is 646 g/mol. The van der Waals surface area contributed by atoms with Crippen molar-refractivity contribution in [2.24, 2.45) is 23.2 Å². The monoisotopic (exact) mass is 645 g/mol. The Morgan fingerprint density at radius 3 is 2.15 bits per heavy atom. The van der Waals surface area contributed by atoms with Crippen LogP contribution in [0.2, 0.25) is 0 Å². The van der Waals surface area contributed by atoms with Crippen molar-refractivity contribution in [3.8, 4) is 0 Å². The molecule has 1 fully saturated rings. The van der Waals surface area contributed by atoms with E-state index in [0.29, 0.717) is 11.1 Å². The van der Waals surface area contributed by atoms with Crippen molar-refractivity contribution in [1.29, 1.82) is 0 Å². The number of benzene rings is 1. The lowest BCUT2D eigenvalue weighted by Crippen LogP contribution is -2.55. The maximum absolute atomic E-state index is 13.7. The minimum absolute atomic E-state index is 0.148. The number of nitrogens with zero attached hydrogens (tertiary/aromatic N) is 1. The third-order valence-electron chi connectivity index (χ3n) is 8.96. The summed E-state index contributed by atoms with van der Waals surface area (Å²) in [5.41, 5.74) is -1.46. The van der Waals surface area contributed by atoms with Gasteiger partial charge in [-0.15, -0.1) is 0 Å². The average Bonchev–Trinajstić information content (AvgIpc) is 3.27. The van der Waals surface area contributed by atoms with Gasteiger partial charge in [-0.2, -0.15) is 0 Å². The number of rotatable bonds is 6. The summed E-state index contributed by atoms with van der Waals surface area (Å²) in [5, 5.41) is 0. The van der Waals surface area contributed by atoms with Crippen LogP contribution in [0.5, 0.6) is 0 Å². The van der Waals surface area contributed by atoms with Gasteiger partial charge in [0.05, 0.1) is 17.0 Å². The molecule has 10 nitrogen and oxygen atoms in total. The molecule has 0 radical (unpaired) electrons. The molecule has 0 unspecified atom stereocenters. The van der Waals surface area contributed by atoms with Gasteiger partial charge in [-0.1, -0.05) is 50.3 Å². The van der Waals surface area contributed by atoms with E-state index in [1.165, 1.54) is 26.2 Å². The number of hydrogen-bond donors (Lipinski definition) is 0. The zero-order valence-corrected chi connectivity index (χ0v) is 27.9. The zero-order valence-electron chi connectivity index (χ0n) is 27.9. The molecule has 0 bridgehead atoms. The van der Waals surface area contributed by atoms with Crippen molar-refractivity contribution >= 4 is 29.7 Å². The first-order valence-electron chi connectivity index (χ1n) is 15.8. The maximum atomic E-state index is 13.7. The van der Waals surface area contributed by atoms with Crippen LogP contribution in [0.1, 0.15) is 82.0 Å². The largest absolute Gasteiger partial charge is 0.458 e. The number of aromatic nitrogens is 1. The smallest absolute Gasteiger partial charge is 0.340 e. The van der Waals surface area contributed by atoms with Gasteiger partial charge in [0.15, 0.2) is 5.60 Å². The molecule has 2 aliphatic rings. The van der Waals surface area contributed by atoms with E-state index < -0.39 is 65.0 Å². The molecule has 4 rings (SSSR count). The Labute approximate surface area is 275 Å². The number of allylic oxidation sites excluding steroid dienone is 1. The maximum Gasteiger partial charge on any atom is 0.340 e. The second-order valence-corrected chi connectivity index (χ2v) is 13.1. The second kappa shape index (κ2) is 14.4. The Balaban J connectivity index is 1.92. The summed E-state index contributed by atoms with van der Waals surface area (Å²) in [6.07, 6.45) is 5.29. The molecule has 0 spiro atoms. The predicted octanol–water partition coefficient (Wildman–Crippen LogP) is 5.86. The van der Waals surface area contributed by atoms with E-state index in [1.807, 2.05) is 13.8 Å². The van der Waals surface area contributed by atoms with Crippen molar-refractivity contribution in [3.05, 3.63) is 89.8 Å². The minimum Gasteiger partial charge on any atom is -0.458 e. The number of ether oxygens (including phenoxy) is 4. The van der Waals surface area contributed by atoms with Crippen LogP contribution in [0, 0.1) is 23.2 Å². The normalized spacial score (nSPS) is 30.6. The van der Waals surface area contributed by atoms with Crippen molar-refractivity contribution in [2.45, 2.75) is 85.2 Å². The Morgan fingerprint density at radius 2 is 1.53 bits per heavy atom. The first-order valence-corrected chi connectivity index (χ1v) is 15.8. The van der Waals surface area contributed by atoms with Gasteiger partial charge >= 0.3 is 23.9 Å². The van der Waals surface area contributed by atoms with E-state index in [0.717, 1.165) is 0 Å². The van der Waals surface area contributed by atoms with Crippen molar-refractivity contribution in [2.75, 3.05) is 0 Å². The predicted molar refractivity (Wildman–Crippen MR) is 172 cm³/mol. The SMILES string of the molecule is CC(=O)O[C@H]1[C@H](C)/C=C/C(C)(C)C(=O)C[C@@H](OC(=O)c2cccnc2)/C(C)=C/[C@H]2[C@@H](OC(=O)c3ccccc3)[C@H](C)C[C@@]21OC(C)=O. The molecule has 47 heavy (non-hydrogen) atoms. The van der Waals surface area contributed by atoms with E-state index in [-0.39, 0.29) is 30.1 Å². The molecule has 1 aromatic carbocycles. The molecule has 2 aliphatic carbocycles. The summed E-state index contributed by atoms with van der Waals surface area (Å²) in [7, 11) is 0. The van der Waals surface area contributed by atoms with Crippen LogP contribution in [0.25, 0.3) is 0 Å². The Hall–Kier alpha value is -4.60. The highest BCUT2D eigenvalue weighted by Gasteiger charge is 2.62. The highest BCUT2D eigenvalue weighted by atomic mass is 16.6. The summed E-state index contributed by atoms with van der Waals surface area (Å²) in [6, 6.07) is 11.7. The Kier molecular flexibility index (Phi) is 10.8. The fourth-order valence-electron chi connectivity index (χ4n) is 6.54. The second-order valence-electron chi connectivity index (χ2n) is 13.1. The minimum atomic E-state index is -1.49. The molecule has 0 aliphatic heterocycles. The standard InChI is InChI=1S/C37H43NO9/c1-22-15-16-36(6,7)31(41)19-30(45-35(43)28-14-11-17-38-21-28)23(2)18-29-32(46-34(42)27-12-9-8-10-13-27)24(3)20-37(29,47-26(5)40)33(22)44-25(4)39/h8-18,21-22,24,29-30,32-33H,19-20H2,1-7H3/b16-15+,23-18+/t22-,24-,29+,30-,32+,33+,37-/m1/s1. The van der Waals surface area contributed by atoms with Gasteiger partial charge < -0.3 is 18.9 Å². The van der Waals surface area contributed by atoms with Gasteiger partial charge in [0, 0.05) is 44.0 Å². The number of fused-ring (bicyclic) bond motifs is 1. The third kappa shape index (κ3) is 8.04. The lowest BCUT2D eigenvalue weighted by molar-refractivity contribution is -0.195. The first kappa shape index (κ1) is 35.3. The number of hydrogen-bond acceptors (Lipinski definition) is 10. The summed E-state index contributed by atoms with van der Waals surface area (Å²) < 4.78 is 24.3. The van der Waals surface area contributed by atoms with Gasteiger partial charge in [0.1, 0.15) is 24.1 Å². The van der Waals surface area contributed by atoms with Crippen LogP contribution in [-0.4, -0.2) is 58.6 Å². The molecule has 2 aromatic rings. The van der Waals surface area contributed by atoms with Crippen LogP contribution in [-0.2, 0) is 33.3 Å². The molecule has 0 amide bonds. The molecule has 250 valence electrons. The summed E-state index contributed by atoms with van der Waals surface area (Å²) in [4.78, 5) is 70.0. The molecule has 1 aromatic heterocycles. The number of ketones is 1. The highest BCUT2D eigenvalue weighted by molar-refractivity contribution is 5.91. The summed E-state index contributed by atoms with van der Waals surface area (Å²) in [5.74, 6) is -4.42. The first-order chi connectivity index (χ1) is 22.1. The fourth-order valence-corrected chi connectivity index (χ4v) is 6.54. The van der Waals surface area contributed by atoms with E-state index in [4.69, 9.17) is 18.9 Å². The van der Waals surface area contributed by atoms with E-state index >= 15 is 0 Å². The van der Waals surface area contributed by atoms with Crippen LogP contribution in [0.4, 0.5) is 0 Å². The Bertz CT molecular complexity index is 1550. The van der Waals surface area contributed by atoms with Gasteiger partial charge in [0.25, 0.3) is 0 Å². The van der Waals surface area contributed by atoms with Crippen molar-refractivity contribution in [1.82, 2.24) is 4.98 Å². The number of carbonyl (C=O) groups excluding carboxylic acids is 5. The quantitative estimate of drug-likeness (QED) is 0.214. The third-order valence-corrected chi connectivity index (χ3v) is 8.96. The van der Waals surface area contributed by atoms with Crippen molar-refractivity contribution < 1.29 is 42.9 Å². The van der Waals surface area contributed by atoms with E-state index in [9.17, 15) is 24.0 Å². The molecular weight excluding hydrogens is 602 g/mol. The molecule has 1 saturated carbocycles. The summed E-state index contributed by atoms with van der Waals surface area (Å²) in [6.45, 7) is 11.5. The van der Waals surface area contributed by atoms with Gasteiger partial charge in [-0.25, -0.2) is 9.59 Å². The summed E-state index contributed by atoms with van der Waals surface area (Å²) >= 11 is 0. The van der Waals surface area contributed by atoms with E-state index in [2.05, 4.69) is 4.98 Å². The fraction of sp³-hybridized carbons (Fsp3) is 0.459. The van der Waals surface area contributed by atoms with Gasteiger partial charge in [-0.05, 0) is 62.9 Å². The van der Waals surface area contributed by atoms with Crippen molar-refractivity contribution in [3.63, 3.8) is 0 Å². The molecule has 0 saturated heterocycles. The van der Waals surface area contributed by atoms with Crippen LogP contribution < -0.4 is 0 Å². The molecule has 1 heterocycles. The van der Waals surface area contributed by atoms with Gasteiger partial charge in [-0.3, -0.25) is 19.4 Å². The Morgan fingerprint density at radius 1 is 0.872 bits per heavy atom. The number of esters is 4. The number of Topliss-reactive ketones (excluding diaryl/α,β-unsaturated/α-hetero) is 1. The van der Waals surface area contributed by atoms with Crippen LogP contribution in [0.3, 0.4) is 0 Å². The lowest BCUT2D eigenvalue weighted by Gasteiger charge is -2.43. The highest BCUT2D eigenvalue weighted by Crippen LogP contribution is 2.51. The topological polar surface area (TPSA) is 135 Å². The molecular formula is C37H43NO9. The van der Waals surface area contributed by atoms with Crippen LogP contribution >= 0.6 is 0 Å². The number of pyridine rings is 1. The van der Waals surface area contributed by atoms with E-state index in [1.54, 1.807) is 81.5 Å². The molecule has 7 atom stereocenters. The lowest BCUT2D eigenvalue weighted by atomic mass is 9.75. The van der Waals surface area contributed by atoms with Gasteiger partial charge in [0.2, 0.25) is 0 Å². The molecule has 10 heteroatoms.